The van der Waals surface area contributed by atoms with Gasteiger partial charge in [0.15, 0.2) is 0 Å². The molecule has 0 radical (unpaired) electrons. The van der Waals surface area contributed by atoms with Gasteiger partial charge in [-0.3, -0.25) is 0 Å². The zero-order valence-corrected chi connectivity index (χ0v) is 12.2. The van der Waals surface area contributed by atoms with Crippen LogP contribution in [0, 0.1) is 5.82 Å². The molecule has 0 fully saturated rings. The van der Waals surface area contributed by atoms with E-state index in [0.717, 1.165) is 40.8 Å². The van der Waals surface area contributed by atoms with Crippen LogP contribution in [0.5, 0.6) is 0 Å². The highest BCUT2D eigenvalue weighted by atomic mass is 19.1. The van der Waals surface area contributed by atoms with E-state index < -0.39 is 0 Å². The zero-order chi connectivity index (χ0) is 15.5. The maximum atomic E-state index is 13.0. The predicted octanol–water partition coefficient (Wildman–Crippen LogP) is 3.11. The average molecular weight is 298 g/mol. The minimum Gasteiger partial charge on any atom is -0.341 e. The first-order valence-corrected chi connectivity index (χ1v) is 7.38. The van der Waals surface area contributed by atoms with E-state index in [1.54, 1.807) is 12.1 Å². The molecule has 0 aliphatic carbocycles. The van der Waals surface area contributed by atoms with Gasteiger partial charge in [0.05, 0.1) is 17.1 Å². The summed E-state index contributed by atoms with van der Waals surface area (Å²) in [7, 11) is 0. The summed E-state index contributed by atoms with van der Waals surface area (Å²) in [6, 6.07) is 12.2. The molecule has 0 saturated carbocycles. The third-order valence-electron chi connectivity index (χ3n) is 3.75. The van der Waals surface area contributed by atoms with Crippen LogP contribution in [0.2, 0.25) is 0 Å². The van der Waals surface area contributed by atoms with Crippen molar-refractivity contribution in [2.24, 2.45) is 11.5 Å². The number of nitrogens with zero attached hydrogens (tertiary/aromatic N) is 1. The minimum atomic E-state index is -0.238. The van der Waals surface area contributed by atoms with Crippen molar-refractivity contribution >= 4 is 11.0 Å². The Morgan fingerprint density at radius 2 is 1.82 bits per heavy atom. The number of aromatic nitrogens is 2. The van der Waals surface area contributed by atoms with Gasteiger partial charge in [-0.2, -0.15) is 0 Å². The van der Waals surface area contributed by atoms with Gasteiger partial charge in [-0.15, -0.1) is 0 Å². The molecular weight excluding hydrogens is 279 g/mol. The van der Waals surface area contributed by atoms with Crippen molar-refractivity contribution in [3.63, 3.8) is 0 Å². The second-order valence-corrected chi connectivity index (χ2v) is 5.40. The third kappa shape index (κ3) is 3.00. The predicted molar refractivity (Wildman–Crippen MR) is 86.7 cm³/mol. The quantitative estimate of drug-likeness (QED) is 0.677. The van der Waals surface area contributed by atoms with Gasteiger partial charge in [0.25, 0.3) is 0 Å². The summed E-state index contributed by atoms with van der Waals surface area (Å²) in [6.45, 7) is 0.628. The SMILES string of the molecule is NCCC[C@H](N)c1nc2cc(-c3ccc(F)cc3)ccc2[nH]1. The molecule has 4 nitrogen and oxygen atoms in total. The van der Waals surface area contributed by atoms with E-state index in [-0.39, 0.29) is 11.9 Å². The molecule has 5 heteroatoms. The monoisotopic (exact) mass is 298 g/mol. The second-order valence-electron chi connectivity index (χ2n) is 5.40. The number of hydrogen-bond acceptors (Lipinski definition) is 3. The topological polar surface area (TPSA) is 80.7 Å². The molecule has 1 aromatic heterocycles. The van der Waals surface area contributed by atoms with Crippen molar-refractivity contribution in [2.45, 2.75) is 18.9 Å². The number of imidazole rings is 1. The lowest BCUT2D eigenvalue weighted by atomic mass is 10.1. The van der Waals surface area contributed by atoms with Crippen LogP contribution in [0.1, 0.15) is 24.7 Å². The highest BCUT2D eigenvalue weighted by molar-refractivity contribution is 5.82. The van der Waals surface area contributed by atoms with Gasteiger partial charge in [-0.25, -0.2) is 9.37 Å². The Balaban J connectivity index is 1.91. The standard InChI is InChI=1S/C17H19FN4/c18-13-6-3-11(4-7-13)12-5-8-15-16(10-12)22-17(21-15)14(20)2-1-9-19/h3-8,10,14H,1-2,9,19-20H2,(H,21,22)/t14-/m0/s1. The molecule has 3 rings (SSSR count). The van der Waals surface area contributed by atoms with Crippen LogP contribution in [0.25, 0.3) is 22.2 Å². The number of aromatic amines is 1. The summed E-state index contributed by atoms with van der Waals surface area (Å²) in [5.74, 6) is 0.539. The molecule has 0 aliphatic heterocycles. The lowest BCUT2D eigenvalue weighted by molar-refractivity contribution is 0.594. The Hall–Kier alpha value is -2.24. The average Bonchev–Trinajstić information content (AvgIpc) is 2.96. The van der Waals surface area contributed by atoms with Crippen LogP contribution >= 0.6 is 0 Å². The van der Waals surface area contributed by atoms with Crippen molar-refractivity contribution in [2.75, 3.05) is 6.54 Å². The Morgan fingerprint density at radius 1 is 1.09 bits per heavy atom. The minimum absolute atomic E-state index is 0.134. The molecule has 0 bridgehead atoms. The van der Waals surface area contributed by atoms with Crippen molar-refractivity contribution in [3.05, 3.63) is 54.1 Å². The fourth-order valence-electron chi connectivity index (χ4n) is 2.50. The number of H-pyrrole nitrogens is 1. The van der Waals surface area contributed by atoms with Crippen LogP contribution < -0.4 is 11.5 Å². The number of hydrogen-bond donors (Lipinski definition) is 3. The number of halogens is 1. The molecule has 114 valence electrons. The third-order valence-corrected chi connectivity index (χ3v) is 3.75. The van der Waals surface area contributed by atoms with E-state index in [9.17, 15) is 4.39 Å². The summed E-state index contributed by atoms with van der Waals surface area (Å²) in [4.78, 5) is 7.83. The molecule has 1 heterocycles. The Kier molecular flexibility index (Phi) is 4.18. The number of fused-ring (bicyclic) bond motifs is 1. The van der Waals surface area contributed by atoms with Crippen molar-refractivity contribution < 1.29 is 4.39 Å². The Labute approximate surface area is 128 Å². The van der Waals surface area contributed by atoms with Gasteiger partial charge in [0.2, 0.25) is 0 Å². The van der Waals surface area contributed by atoms with Gasteiger partial charge in [0.1, 0.15) is 11.6 Å². The highest BCUT2D eigenvalue weighted by Crippen LogP contribution is 2.25. The molecule has 0 spiro atoms. The number of rotatable bonds is 5. The Bertz CT molecular complexity index is 764. The van der Waals surface area contributed by atoms with Crippen molar-refractivity contribution in [1.82, 2.24) is 9.97 Å². The van der Waals surface area contributed by atoms with E-state index in [1.165, 1.54) is 12.1 Å². The van der Waals surface area contributed by atoms with E-state index >= 15 is 0 Å². The number of nitrogens with one attached hydrogen (secondary N) is 1. The molecule has 0 amide bonds. The van der Waals surface area contributed by atoms with Crippen molar-refractivity contribution in [1.29, 1.82) is 0 Å². The van der Waals surface area contributed by atoms with Crippen molar-refractivity contribution in [3.8, 4) is 11.1 Å². The van der Waals surface area contributed by atoms with Gasteiger partial charge < -0.3 is 16.5 Å². The molecular formula is C17H19FN4. The summed E-state index contributed by atoms with van der Waals surface area (Å²) < 4.78 is 13.0. The van der Waals surface area contributed by atoms with Crippen LogP contribution in [0.15, 0.2) is 42.5 Å². The van der Waals surface area contributed by atoms with Gasteiger partial charge in [-0.1, -0.05) is 18.2 Å². The molecule has 2 aromatic carbocycles. The van der Waals surface area contributed by atoms with Crippen LogP contribution in [-0.4, -0.2) is 16.5 Å². The fourth-order valence-corrected chi connectivity index (χ4v) is 2.50. The molecule has 0 saturated heterocycles. The Morgan fingerprint density at radius 3 is 2.55 bits per heavy atom. The lowest BCUT2D eigenvalue weighted by Crippen LogP contribution is -2.13. The van der Waals surface area contributed by atoms with E-state index in [2.05, 4.69) is 9.97 Å². The van der Waals surface area contributed by atoms with Crippen LogP contribution in [-0.2, 0) is 0 Å². The summed E-state index contributed by atoms with van der Waals surface area (Å²) in [5.41, 5.74) is 15.4. The summed E-state index contributed by atoms with van der Waals surface area (Å²) >= 11 is 0. The first-order chi connectivity index (χ1) is 10.7. The molecule has 1 atom stereocenters. The summed E-state index contributed by atoms with van der Waals surface area (Å²) in [6.07, 6.45) is 1.68. The van der Waals surface area contributed by atoms with Gasteiger partial charge in [0, 0.05) is 0 Å². The first-order valence-electron chi connectivity index (χ1n) is 7.38. The lowest BCUT2D eigenvalue weighted by Gasteiger charge is -2.06. The van der Waals surface area contributed by atoms with E-state index in [4.69, 9.17) is 11.5 Å². The highest BCUT2D eigenvalue weighted by Gasteiger charge is 2.11. The zero-order valence-electron chi connectivity index (χ0n) is 12.2. The molecule has 5 N–H and O–H groups in total. The van der Waals surface area contributed by atoms with E-state index in [1.807, 2.05) is 18.2 Å². The number of nitrogens with two attached hydrogens (primary N) is 2. The normalized spacial score (nSPS) is 12.7. The maximum absolute atomic E-state index is 13.0. The first kappa shape index (κ1) is 14.7. The largest absolute Gasteiger partial charge is 0.341 e. The van der Waals surface area contributed by atoms with Crippen LogP contribution in [0.3, 0.4) is 0 Å². The van der Waals surface area contributed by atoms with Crippen LogP contribution in [0.4, 0.5) is 4.39 Å². The van der Waals surface area contributed by atoms with Gasteiger partial charge in [-0.05, 0) is 54.8 Å². The summed E-state index contributed by atoms with van der Waals surface area (Å²) in [5, 5.41) is 0. The fraction of sp³-hybridized carbons (Fsp3) is 0.235. The van der Waals surface area contributed by atoms with E-state index in [0.29, 0.717) is 6.54 Å². The second kappa shape index (κ2) is 6.25. The number of benzene rings is 2. The maximum Gasteiger partial charge on any atom is 0.124 e. The molecule has 22 heavy (non-hydrogen) atoms. The smallest absolute Gasteiger partial charge is 0.124 e. The molecule has 3 aromatic rings. The van der Waals surface area contributed by atoms with Gasteiger partial charge >= 0.3 is 0 Å². The molecule has 0 unspecified atom stereocenters. The molecule has 0 aliphatic rings.